The van der Waals surface area contributed by atoms with Crippen LogP contribution >= 0.6 is 0 Å². The SMILES string of the molecule is COc1ccccc1CC(=O)Nc1cccc2c1NC(=O)CO2. The molecule has 2 aromatic rings. The molecule has 1 aliphatic heterocycles. The number of nitrogens with one attached hydrogen (secondary N) is 2. The molecule has 0 saturated heterocycles. The zero-order valence-corrected chi connectivity index (χ0v) is 12.6. The molecule has 118 valence electrons. The second kappa shape index (κ2) is 6.39. The number of carbonyl (C=O) groups excluding carboxylic acids is 2. The Morgan fingerprint density at radius 1 is 1.26 bits per heavy atom. The zero-order chi connectivity index (χ0) is 16.2. The molecule has 3 rings (SSSR count). The third-order valence-corrected chi connectivity index (χ3v) is 3.47. The van der Waals surface area contributed by atoms with Gasteiger partial charge in [0.05, 0.1) is 19.2 Å². The van der Waals surface area contributed by atoms with E-state index in [0.29, 0.717) is 22.9 Å². The van der Waals surface area contributed by atoms with Crippen molar-refractivity contribution >= 4 is 23.2 Å². The van der Waals surface area contributed by atoms with Crippen molar-refractivity contribution in [2.75, 3.05) is 24.4 Å². The first-order chi connectivity index (χ1) is 11.2. The molecule has 0 aliphatic carbocycles. The van der Waals surface area contributed by atoms with Crippen molar-refractivity contribution in [3.05, 3.63) is 48.0 Å². The van der Waals surface area contributed by atoms with Gasteiger partial charge in [-0.05, 0) is 18.2 Å². The average Bonchev–Trinajstić information content (AvgIpc) is 2.56. The molecule has 2 aromatic carbocycles. The van der Waals surface area contributed by atoms with Gasteiger partial charge in [0.25, 0.3) is 5.91 Å². The van der Waals surface area contributed by atoms with Gasteiger partial charge < -0.3 is 20.1 Å². The Morgan fingerprint density at radius 3 is 2.91 bits per heavy atom. The number of anilines is 2. The van der Waals surface area contributed by atoms with Gasteiger partial charge >= 0.3 is 0 Å². The molecule has 2 N–H and O–H groups in total. The van der Waals surface area contributed by atoms with E-state index in [0.717, 1.165) is 5.56 Å². The highest BCUT2D eigenvalue weighted by molar-refractivity contribution is 6.03. The van der Waals surface area contributed by atoms with E-state index in [1.165, 1.54) is 0 Å². The Balaban J connectivity index is 1.77. The van der Waals surface area contributed by atoms with Crippen LogP contribution in [0.1, 0.15) is 5.56 Å². The molecular formula is C17H16N2O4. The Labute approximate surface area is 133 Å². The fraction of sp³-hybridized carbons (Fsp3) is 0.176. The lowest BCUT2D eigenvalue weighted by molar-refractivity contribution is -0.118. The van der Waals surface area contributed by atoms with Crippen molar-refractivity contribution in [3.8, 4) is 11.5 Å². The van der Waals surface area contributed by atoms with Crippen molar-refractivity contribution in [1.82, 2.24) is 0 Å². The quantitative estimate of drug-likeness (QED) is 0.907. The van der Waals surface area contributed by atoms with Gasteiger partial charge in [-0.25, -0.2) is 0 Å². The second-order valence-corrected chi connectivity index (χ2v) is 5.05. The molecule has 0 aromatic heterocycles. The van der Waals surface area contributed by atoms with Gasteiger partial charge in [0, 0.05) is 5.56 Å². The van der Waals surface area contributed by atoms with E-state index in [1.807, 2.05) is 18.2 Å². The molecule has 0 fully saturated rings. The molecule has 1 heterocycles. The van der Waals surface area contributed by atoms with Crippen LogP contribution in [0.25, 0.3) is 0 Å². The first-order valence-corrected chi connectivity index (χ1v) is 7.15. The van der Waals surface area contributed by atoms with Crippen LogP contribution in [0.3, 0.4) is 0 Å². The minimum Gasteiger partial charge on any atom is -0.496 e. The number of fused-ring (bicyclic) bond motifs is 1. The molecular weight excluding hydrogens is 296 g/mol. The summed E-state index contributed by atoms with van der Waals surface area (Å²) in [6, 6.07) is 12.6. The molecule has 0 bridgehead atoms. The summed E-state index contributed by atoms with van der Waals surface area (Å²) in [7, 11) is 1.57. The Bertz CT molecular complexity index is 758. The number of benzene rings is 2. The van der Waals surface area contributed by atoms with E-state index in [-0.39, 0.29) is 24.8 Å². The smallest absolute Gasteiger partial charge is 0.262 e. The summed E-state index contributed by atoms with van der Waals surface area (Å²) < 4.78 is 10.6. The lowest BCUT2D eigenvalue weighted by Gasteiger charge is -2.21. The molecule has 0 unspecified atom stereocenters. The summed E-state index contributed by atoms with van der Waals surface area (Å²) in [5.41, 5.74) is 1.78. The standard InChI is InChI=1S/C17H16N2O4/c1-22-13-7-3-2-5-11(13)9-15(20)18-12-6-4-8-14-17(12)19-16(21)10-23-14/h2-8H,9-10H2,1H3,(H,18,20)(H,19,21). The topological polar surface area (TPSA) is 76.7 Å². The average molecular weight is 312 g/mol. The van der Waals surface area contributed by atoms with Gasteiger partial charge in [0.1, 0.15) is 17.2 Å². The highest BCUT2D eigenvalue weighted by Gasteiger charge is 2.20. The number of para-hydroxylation sites is 2. The van der Waals surface area contributed by atoms with Gasteiger partial charge in [-0.2, -0.15) is 0 Å². The van der Waals surface area contributed by atoms with Crippen molar-refractivity contribution in [2.24, 2.45) is 0 Å². The van der Waals surface area contributed by atoms with Gasteiger partial charge in [-0.1, -0.05) is 24.3 Å². The second-order valence-electron chi connectivity index (χ2n) is 5.05. The van der Waals surface area contributed by atoms with Crippen LogP contribution in [0.5, 0.6) is 11.5 Å². The van der Waals surface area contributed by atoms with Crippen molar-refractivity contribution < 1.29 is 19.1 Å². The maximum absolute atomic E-state index is 12.3. The normalized spacial score (nSPS) is 12.7. The van der Waals surface area contributed by atoms with E-state index in [2.05, 4.69) is 10.6 Å². The molecule has 0 atom stereocenters. The first-order valence-electron chi connectivity index (χ1n) is 7.15. The summed E-state index contributed by atoms with van der Waals surface area (Å²) in [5.74, 6) is 0.751. The van der Waals surface area contributed by atoms with E-state index in [9.17, 15) is 9.59 Å². The van der Waals surface area contributed by atoms with Crippen LogP contribution in [0, 0.1) is 0 Å². The zero-order valence-electron chi connectivity index (χ0n) is 12.6. The Morgan fingerprint density at radius 2 is 2.09 bits per heavy atom. The number of hydrogen-bond donors (Lipinski definition) is 2. The van der Waals surface area contributed by atoms with Crippen LogP contribution in [0.15, 0.2) is 42.5 Å². The monoisotopic (exact) mass is 312 g/mol. The summed E-state index contributed by atoms with van der Waals surface area (Å²) in [4.78, 5) is 23.8. The van der Waals surface area contributed by atoms with E-state index in [1.54, 1.807) is 31.4 Å². The minimum absolute atomic E-state index is 0.0222. The number of hydrogen-bond acceptors (Lipinski definition) is 4. The fourth-order valence-electron chi connectivity index (χ4n) is 2.42. The number of rotatable bonds is 4. The molecule has 2 amide bonds. The lowest BCUT2D eigenvalue weighted by Crippen LogP contribution is -2.27. The highest BCUT2D eigenvalue weighted by atomic mass is 16.5. The van der Waals surface area contributed by atoms with E-state index < -0.39 is 0 Å². The van der Waals surface area contributed by atoms with E-state index in [4.69, 9.17) is 9.47 Å². The summed E-state index contributed by atoms with van der Waals surface area (Å²) in [6.07, 6.45) is 0.169. The minimum atomic E-state index is -0.246. The molecule has 0 radical (unpaired) electrons. The van der Waals surface area contributed by atoms with Crippen molar-refractivity contribution in [3.63, 3.8) is 0 Å². The number of amides is 2. The summed E-state index contributed by atoms with van der Waals surface area (Å²) in [6.45, 7) is -0.0222. The van der Waals surface area contributed by atoms with Crippen LogP contribution < -0.4 is 20.1 Å². The Kier molecular flexibility index (Phi) is 4.14. The summed E-state index contributed by atoms with van der Waals surface area (Å²) >= 11 is 0. The van der Waals surface area contributed by atoms with Gasteiger partial charge in [-0.15, -0.1) is 0 Å². The molecule has 6 nitrogen and oxygen atoms in total. The lowest BCUT2D eigenvalue weighted by atomic mass is 10.1. The number of ether oxygens (including phenoxy) is 2. The predicted octanol–water partition coefficient (Wildman–Crippen LogP) is 2.21. The summed E-state index contributed by atoms with van der Waals surface area (Å²) in [5, 5.41) is 5.52. The predicted molar refractivity (Wildman–Crippen MR) is 85.9 cm³/mol. The van der Waals surface area contributed by atoms with Crippen molar-refractivity contribution in [2.45, 2.75) is 6.42 Å². The van der Waals surface area contributed by atoms with Crippen LogP contribution in [0.2, 0.25) is 0 Å². The molecule has 0 spiro atoms. The third-order valence-electron chi connectivity index (χ3n) is 3.47. The van der Waals surface area contributed by atoms with Crippen LogP contribution in [-0.4, -0.2) is 25.5 Å². The van der Waals surface area contributed by atoms with Gasteiger partial charge in [0.2, 0.25) is 5.91 Å². The third kappa shape index (κ3) is 3.26. The Hall–Kier alpha value is -3.02. The molecule has 23 heavy (non-hydrogen) atoms. The highest BCUT2D eigenvalue weighted by Crippen LogP contribution is 2.34. The number of carbonyl (C=O) groups is 2. The first kappa shape index (κ1) is 14.9. The maximum Gasteiger partial charge on any atom is 0.262 e. The van der Waals surface area contributed by atoms with Gasteiger partial charge in [0.15, 0.2) is 6.61 Å². The maximum atomic E-state index is 12.3. The molecule has 6 heteroatoms. The van der Waals surface area contributed by atoms with Crippen molar-refractivity contribution in [1.29, 1.82) is 0 Å². The molecule has 0 saturated carbocycles. The molecule has 1 aliphatic rings. The number of methoxy groups -OCH3 is 1. The van der Waals surface area contributed by atoms with Crippen LogP contribution in [-0.2, 0) is 16.0 Å². The van der Waals surface area contributed by atoms with Gasteiger partial charge in [-0.3, -0.25) is 9.59 Å². The largest absolute Gasteiger partial charge is 0.496 e. The fourth-order valence-corrected chi connectivity index (χ4v) is 2.42. The van der Waals surface area contributed by atoms with E-state index >= 15 is 0 Å². The van der Waals surface area contributed by atoms with Crippen LogP contribution in [0.4, 0.5) is 11.4 Å².